The van der Waals surface area contributed by atoms with E-state index in [1.807, 2.05) is 31.2 Å². The van der Waals surface area contributed by atoms with Gasteiger partial charge in [0.25, 0.3) is 5.91 Å². The van der Waals surface area contributed by atoms with Gasteiger partial charge in [0.1, 0.15) is 10.9 Å². The molecule has 3 aliphatic rings. The first-order valence-corrected chi connectivity index (χ1v) is 13.5. The minimum Gasteiger partial charge on any atom is -0.465 e. The van der Waals surface area contributed by atoms with Crippen molar-refractivity contribution in [2.45, 2.75) is 44.8 Å². The number of hydrogen-bond donors (Lipinski definition) is 0. The number of nitrogens with zero attached hydrogens (tertiary/aromatic N) is 2. The Labute approximate surface area is 223 Å². The zero-order valence-electron chi connectivity index (χ0n) is 20.4. The van der Waals surface area contributed by atoms with E-state index in [0.717, 1.165) is 47.3 Å². The molecule has 1 aromatic heterocycles. The van der Waals surface area contributed by atoms with Crippen LogP contribution in [-0.2, 0) is 32.0 Å². The second-order valence-corrected chi connectivity index (χ2v) is 11.1. The molecule has 37 heavy (non-hydrogen) atoms. The molecular weight excluding hydrogens is 512 g/mol. The standard InChI is InChI=1S/C28H25ClN2O5S/c1-15-7-9-16(10-8-15)23-22-24(36-31(23)18-13-11-17(29)12-14-18)26(33)30(25(22)32)27-21(28(34)35-2)19-5-3-4-6-20(19)37-27/h7-14,22-24H,3-6H2,1-2H3/t22-,23-,24-/m0/s1. The maximum absolute atomic E-state index is 14.1. The van der Waals surface area contributed by atoms with Gasteiger partial charge in [-0.25, -0.2) is 14.8 Å². The van der Waals surface area contributed by atoms with Crippen LogP contribution in [-0.4, -0.2) is 31.0 Å². The Bertz CT molecular complexity index is 1400. The number of amides is 2. The summed E-state index contributed by atoms with van der Waals surface area (Å²) in [6.45, 7) is 1.99. The third-order valence-corrected chi connectivity index (χ3v) is 8.89. The molecule has 2 amide bonds. The third-order valence-electron chi connectivity index (χ3n) is 7.36. The Hall–Kier alpha value is -3.20. The fraction of sp³-hybridized carbons (Fsp3) is 0.321. The highest BCUT2D eigenvalue weighted by atomic mass is 35.5. The van der Waals surface area contributed by atoms with E-state index in [9.17, 15) is 14.4 Å². The number of hydrogen-bond acceptors (Lipinski definition) is 7. The van der Waals surface area contributed by atoms with Crippen molar-refractivity contribution in [3.63, 3.8) is 0 Å². The summed E-state index contributed by atoms with van der Waals surface area (Å²) in [5.41, 5.74) is 3.87. The molecular formula is C28H25ClN2O5S. The van der Waals surface area contributed by atoms with Crippen LogP contribution in [0.25, 0.3) is 0 Å². The summed E-state index contributed by atoms with van der Waals surface area (Å²) in [6, 6.07) is 14.4. The third kappa shape index (κ3) is 3.86. The van der Waals surface area contributed by atoms with Gasteiger partial charge in [0, 0.05) is 9.90 Å². The van der Waals surface area contributed by atoms with Crippen LogP contribution in [0, 0.1) is 12.8 Å². The summed E-state index contributed by atoms with van der Waals surface area (Å²) < 4.78 is 5.08. The molecule has 0 bridgehead atoms. The van der Waals surface area contributed by atoms with Crippen LogP contribution in [0.2, 0.25) is 5.02 Å². The molecule has 2 aromatic carbocycles. The van der Waals surface area contributed by atoms with Gasteiger partial charge in [-0.1, -0.05) is 41.4 Å². The molecule has 3 atom stereocenters. The number of aryl methyl sites for hydroxylation is 2. The highest BCUT2D eigenvalue weighted by Crippen LogP contribution is 2.50. The number of hydroxylamine groups is 1. The van der Waals surface area contributed by atoms with Crippen molar-refractivity contribution in [2.24, 2.45) is 5.92 Å². The fourth-order valence-corrected chi connectivity index (χ4v) is 7.06. The second kappa shape index (κ2) is 9.28. The number of methoxy groups -OCH3 is 1. The van der Waals surface area contributed by atoms with E-state index in [0.29, 0.717) is 21.3 Å². The summed E-state index contributed by atoms with van der Waals surface area (Å²) >= 11 is 7.45. The lowest BCUT2D eigenvalue weighted by molar-refractivity contribution is -0.126. The highest BCUT2D eigenvalue weighted by molar-refractivity contribution is 7.17. The molecule has 2 fully saturated rings. The van der Waals surface area contributed by atoms with E-state index in [-0.39, 0.29) is 5.91 Å². The second-order valence-electron chi connectivity index (χ2n) is 9.60. The van der Waals surface area contributed by atoms with Crippen LogP contribution in [0.3, 0.4) is 0 Å². The number of halogens is 1. The summed E-state index contributed by atoms with van der Waals surface area (Å²) in [5.74, 6) is -2.14. The smallest absolute Gasteiger partial charge is 0.341 e. The molecule has 7 nitrogen and oxygen atoms in total. The number of esters is 1. The Balaban J connectivity index is 1.44. The van der Waals surface area contributed by atoms with Gasteiger partial charge < -0.3 is 4.74 Å². The monoisotopic (exact) mass is 536 g/mol. The molecule has 0 saturated carbocycles. The molecule has 0 radical (unpaired) electrons. The van der Waals surface area contributed by atoms with Gasteiger partial charge in [-0.15, -0.1) is 11.3 Å². The Morgan fingerprint density at radius 3 is 2.43 bits per heavy atom. The van der Waals surface area contributed by atoms with E-state index in [1.165, 1.54) is 23.3 Å². The van der Waals surface area contributed by atoms with Crippen LogP contribution in [0.1, 0.15) is 50.8 Å². The summed E-state index contributed by atoms with van der Waals surface area (Å²) in [7, 11) is 1.32. The Kier molecular flexibility index (Phi) is 6.06. The molecule has 0 spiro atoms. The van der Waals surface area contributed by atoms with Crippen molar-refractivity contribution in [1.29, 1.82) is 0 Å². The molecule has 190 valence electrons. The van der Waals surface area contributed by atoms with Crippen molar-refractivity contribution >= 4 is 51.4 Å². The van der Waals surface area contributed by atoms with E-state index < -0.39 is 29.9 Å². The van der Waals surface area contributed by atoms with Crippen molar-refractivity contribution in [3.8, 4) is 0 Å². The van der Waals surface area contributed by atoms with Gasteiger partial charge in [0.2, 0.25) is 5.91 Å². The van der Waals surface area contributed by atoms with Crippen LogP contribution < -0.4 is 9.96 Å². The number of carbonyl (C=O) groups excluding carboxylic acids is 3. The molecule has 3 heterocycles. The van der Waals surface area contributed by atoms with Crippen LogP contribution in [0.15, 0.2) is 48.5 Å². The fourth-order valence-electron chi connectivity index (χ4n) is 5.55. The summed E-state index contributed by atoms with van der Waals surface area (Å²) in [4.78, 5) is 49.2. The molecule has 6 rings (SSSR count). The molecule has 0 N–H and O–H groups in total. The van der Waals surface area contributed by atoms with Gasteiger partial charge in [-0.3, -0.25) is 14.4 Å². The first-order valence-electron chi connectivity index (χ1n) is 12.3. The maximum atomic E-state index is 14.1. The normalized spacial score (nSPS) is 22.8. The van der Waals surface area contributed by atoms with E-state index in [4.69, 9.17) is 21.2 Å². The number of benzene rings is 2. The SMILES string of the molecule is COC(=O)c1c(N2C(=O)[C@@H]3[C@H](ON(c4ccc(Cl)cc4)[C@H]3c3ccc(C)cc3)C2=O)sc2c1CCCC2. The lowest BCUT2D eigenvalue weighted by Crippen LogP contribution is -2.37. The van der Waals surface area contributed by atoms with Crippen molar-refractivity contribution in [2.75, 3.05) is 17.1 Å². The lowest BCUT2D eigenvalue weighted by atomic mass is 9.90. The van der Waals surface area contributed by atoms with E-state index in [1.54, 1.807) is 29.3 Å². The van der Waals surface area contributed by atoms with Gasteiger partial charge in [-0.2, -0.15) is 0 Å². The van der Waals surface area contributed by atoms with Gasteiger partial charge >= 0.3 is 5.97 Å². The van der Waals surface area contributed by atoms with Crippen LogP contribution >= 0.6 is 22.9 Å². The number of ether oxygens (including phenoxy) is 1. The highest BCUT2D eigenvalue weighted by Gasteiger charge is 2.61. The van der Waals surface area contributed by atoms with E-state index >= 15 is 0 Å². The summed E-state index contributed by atoms with van der Waals surface area (Å²) in [6.07, 6.45) is 2.50. The maximum Gasteiger partial charge on any atom is 0.341 e. The Morgan fingerprint density at radius 2 is 1.73 bits per heavy atom. The minimum atomic E-state index is -1.01. The first kappa shape index (κ1) is 24.2. The topological polar surface area (TPSA) is 76.2 Å². The molecule has 2 aliphatic heterocycles. The molecule has 3 aromatic rings. The number of fused-ring (bicyclic) bond motifs is 2. The number of thiophene rings is 1. The Morgan fingerprint density at radius 1 is 1.03 bits per heavy atom. The number of rotatable bonds is 4. The number of anilines is 2. The molecule has 0 unspecified atom stereocenters. The summed E-state index contributed by atoms with van der Waals surface area (Å²) in [5, 5.41) is 2.57. The quantitative estimate of drug-likeness (QED) is 0.327. The molecule has 1 aliphatic carbocycles. The zero-order chi connectivity index (χ0) is 25.8. The molecule has 2 saturated heterocycles. The predicted molar refractivity (Wildman–Crippen MR) is 141 cm³/mol. The van der Waals surface area contributed by atoms with Gasteiger partial charge in [0.05, 0.1) is 24.4 Å². The number of carbonyl (C=O) groups is 3. The average molecular weight is 537 g/mol. The van der Waals surface area contributed by atoms with Gasteiger partial charge in [0.15, 0.2) is 6.10 Å². The van der Waals surface area contributed by atoms with Crippen LogP contribution in [0.4, 0.5) is 10.7 Å². The first-order chi connectivity index (χ1) is 17.9. The minimum absolute atomic E-state index is 0.338. The largest absolute Gasteiger partial charge is 0.465 e. The van der Waals surface area contributed by atoms with Crippen molar-refractivity contribution < 1.29 is 24.0 Å². The zero-order valence-corrected chi connectivity index (χ0v) is 22.0. The molecule has 9 heteroatoms. The van der Waals surface area contributed by atoms with Gasteiger partial charge in [-0.05, 0) is 68.0 Å². The van der Waals surface area contributed by atoms with Crippen LogP contribution in [0.5, 0.6) is 0 Å². The van der Waals surface area contributed by atoms with E-state index in [2.05, 4.69) is 0 Å². The number of imide groups is 1. The lowest BCUT2D eigenvalue weighted by Gasteiger charge is -2.28. The predicted octanol–water partition coefficient (Wildman–Crippen LogP) is 5.43. The van der Waals surface area contributed by atoms with Crippen molar-refractivity contribution in [1.82, 2.24) is 0 Å². The van der Waals surface area contributed by atoms with Crippen molar-refractivity contribution in [3.05, 3.63) is 80.7 Å². The average Bonchev–Trinajstić information content (AvgIpc) is 3.55.